The van der Waals surface area contributed by atoms with E-state index in [2.05, 4.69) is 10.4 Å². The van der Waals surface area contributed by atoms with Gasteiger partial charge in [-0.05, 0) is 31.0 Å². The second kappa shape index (κ2) is 5.70. The first-order chi connectivity index (χ1) is 12.0. The van der Waals surface area contributed by atoms with Gasteiger partial charge >= 0.3 is 0 Å². The second-order valence-electron chi connectivity index (χ2n) is 6.00. The number of aromatic nitrogens is 2. The number of rotatable bonds is 3. The van der Waals surface area contributed by atoms with E-state index in [4.69, 9.17) is 0 Å². The van der Waals surface area contributed by atoms with Gasteiger partial charge in [0, 0.05) is 29.8 Å². The lowest BCUT2D eigenvalue weighted by Gasteiger charge is -2.09. The van der Waals surface area contributed by atoms with Crippen LogP contribution in [0, 0.1) is 22.9 Å². The number of aryl methyl sites for hydroxylation is 1. The fourth-order valence-electron chi connectivity index (χ4n) is 3.16. The van der Waals surface area contributed by atoms with Gasteiger partial charge < -0.3 is 5.32 Å². The number of nitrogens with zero attached hydrogens (tertiary/aromatic N) is 3. The minimum absolute atomic E-state index is 0.00940. The minimum Gasteiger partial charge on any atom is -0.369 e. The molecule has 2 heterocycles. The Morgan fingerprint density at radius 3 is 2.88 bits per heavy atom. The summed E-state index contributed by atoms with van der Waals surface area (Å²) >= 11 is 0. The molecular weight excluding hydrogens is 323 g/mol. The Bertz CT molecular complexity index is 997. The predicted molar refractivity (Wildman–Crippen MR) is 92.5 cm³/mol. The van der Waals surface area contributed by atoms with Crippen molar-refractivity contribution in [1.82, 2.24) is 9.78 Å². The standard InChI is InChI=1S/C18H15FN4O2/c1-11-5-6-14(23(24)25)10-16(11)22-18-15(7-8-20-18)17(21-22)12-3-2-4-13(19)9-12/h2-6,9-10,20H,7-8H2,1H3. The van der Waals surface area contributed by atoms with E-state index in [1.807, 2.05) is 13.0 Å². The molecule has 0 atom stereocenters. The average molecular weight is 338 g/mol. The zero-order chi connectivity index (χ0) is 17.6. The smallest absolute Gasteiger partial charge is 0.271 e. The van der Waals surface area contributed by atoms with Gasteiger partial charge in [0.25, 0.3) is 5.69 Å². The first-order valence-corrected chi connectivity index (χ1v) is 7.92. The molecule has 4 rings (SSSR count). The summed E-state index contributed by atoms with van der Waals surface area (Å²) in [6.07, 6.45) is 0.773. The highest BCUT2D eigenvalue weighted by Gasteiger charge is 2.25. The van der Waals surface area contributed by atoms with E-state index >= 15 is 0 Å². The van der Waals surface area contributed by atoms with Crippen LogP contribution >= 0.6 is 0 Å². The summed E-state index contributed by atoms with van der Waals surface area (Å²) in [5.74, 6) is 0.487. The van der Waals surface area contributed by atoms with Crippen LogP contribution in [0.4, 0.5) is 15.9 Å². The van der Waals surface area contributed by atoms with Crippen molar-refractivity contribution in [2.24, 2.45) is 0 Å². The molecule has 25 heavy (non-hydrogen) atoms. The number of nitro groups is 1. The van der Waals surface area contributed by atoms with Gasteiger partial charge in [-0.2, -0.15) is 5.10 Å². The van der Waals surface area contributed by atoms with Crippen LogP contribution < -0.4 is 5.32 Å². The number of non-ortho nitro benzene ring substituents is 1. The molecule has 0 unspecified atom stereocenters. The number of nitrogens with one attached hydrogen (secondary N) is 1. The molecule has 0 radical (unpaired) electrons. The maximum absolute atomic E-state index is 13.6. The molecule has 1 aliphatic heterocycles. The normalized spacial score (nSPS) is 12.7. The first kappa shape index (κ1) is 15.3. The van der Waals surface area contributed by atoms with Crippen molar-refractivity contribution in [2.75, 3.05) is 11.9 Å². The molecule has 0 bridgehead atoms. The Kier molecular flexibility index (Phi) is 3.49. The number of nitro benzene ring substituents is 1. The second-order valence-corrected chi connectivity index (χ2v) is 6.00. The Labute approximate surface area is 143 Å². The van der Waals surface area contributed by atoms with Crippen LogP contribution in [0.3, 0.4) is 0 Å². The summed E-state index contributed by atoms with van der Waals surface area (Å²) in [6.45, 7) is 2.63. The summed E-state index contributed by atoms with van der Waals surface area (Å²) in [4.78, 5) is 10.7. The van der Waals surface area contributed by atoms with E-state index in [0.29, 0.717) is 16.9 Å². The van der Waals surface area contributed by atoms with Crippen LogP contribution in [-0.4, -0.2) is 21.2 Å². The Balaban J connectivity index is 1.92. The fourth-order valence-corrected chi connectivity index (χ4v) is 3.16. The van der Waals surface area contributed by atoms with Crippen LogP contribution in [0.5, 0.6) is 0 Å². The lowest BCUT2D eigenvalue weighted by molar-refractivity contribution is -0.384. The van der Waals surface area contributed by atoms with Crippen molar-refractivity contribution in [2.45, 2.75) is 13.3 Å². The highest BCUT2D eigenvalue weighted by Crippen LogP contribution is 2.36. The number of anilines is 1. The molecule has 1 aromatic heterocycles. The molecule has 0 saturated carbocycles. The van der Waals surface area contributed by atoms with Gasteiger partial charge in [0.2, 0.25) is 0 Å². The Morgan fingerprint density at radius 2 is 2.12 bits per heavy atom. The average Bonchev–Trinajstić information content (AvgIpc) is 3.17. The van der Waals surface area contributed by atoms with Crippen molar-refractivity contribution in [3.8, 4) is 16.9 Å². The molecule has 0 spiro atoms. The van der Waals surface area contributed by atoms with Gasteiger partial charge in [0.05, 0.1) is 16.3 Å². The van der Waals surface area contributed by atoms with Crippen molar-refractivity contribution >= 4 is 11.5 Å². The third-order valence-corrected chi connectivity index (χ3v) is 4.38. The highest BCUT2D eigenvalue weighted by molar-refractivity contribution is 5.73. The molecule has 3 aromatic rings. The van der Waals surface area contributed by atoms with Gasteiger partial charge in [-0.3, -0.25) is 10.1 Å². The van der Waals surface area contributed by atoms with E-state index in [1.54, 1.807) is 16.8 Å². The monoisotopic (exact) mass is 338 g/mol. The molecule has 7 heteroatoms. The highest BCUT2D eigenvalue weighted by atomic mass is 19.1. The lowest BCUT2D eigenvalue weighted by Crippen LogP contribution is -2.06. The Morgan fingerprint density at radius 1 is 1.28 bits per heavy atom. The van der Waals surface area contributed by atoms with Gasteiger partial charge in [-0.25, -0.2) is 9.07 Å². The molecular formula is C18H15FN4O2. The molecule has 0 saturated heterocycles. The van der Waals surface area contributed by atoms with Crippen molar-refractivity contribution in [1.29, 1.82) is 0 Å². The van der Waals surface area contributed by atoms with Crippen LogP contribution in [0.25, 0.3) is 16.9 Å². The summed E-state index contributed by atoms with van der Waals surface area (Å²) in [5, 5.41) is 19.0. The number of hydrogen-bond donors (Lipinski definition) is 1. The predicted octanol–water partition coefficient (Wildman–Crippen LogP) is 3.86. The molecule has 1 N–H and O–H groups in total. The van der Waals surface area contributed by atoms with Crippen molar-refractivity contribution < 1.29 is 9.31 Å². The van der Waals surface area contributed by atoms with Crippen LogP contribution in [0.1, 0.15) is 11.1 Å². The van der Waals surface area contributed by atoms with E-state index in [0.717, 1.165) is 29.9 Å². The van der Waals surface area contributed by atoms with Crippen LogP contribution in [-0.2, 0) is 6.42 Å². The minimum atomic E-state index is -0.423. The zero-order valence-corrected chi connectivity index (χ0v) is 13.5. The quantitative estimate of drug-likeness (QED) is 0.581. The molecule has 0 fully saturated rings. The lowest BCUT2D eigenvalue weighted by atomic mass is 10.1. The third-order valence-electron chi connectivity index (χ3n) is 4.38. The van der Waals surface area contributed by atoms with Crippen LogP contribution in [0.2, 0.25) is 0 Å². The largest absolute Gasteiger partial charge is 0.369 e. The molecule has 2 aromatic carbocycles. The number of halogens is 1. The summed E-state index contributed by atoms with van der Waals surface area (Å²) in [6, 6.07) is 11.0. The maximum atomic E-state index is 13.6. The van der Waals surface area contributed by atoms with Crippen molar-refractivity contribution in [3.05, 3.63) is 69.5 Å². The fraction of sp³-hybridized carbons (Fsp3) is 0.167. The number of fused-ring (bicyclic) bond motifs is 1. The summed E-state index contributed by atoms with van der Waals surface area (Å²) < 4.78 is 15.3. The van der Waals surface area contributed by atoms with Crippen LogP contribution in [0.15, 0.2) is 42.5 Å². The van der Waals surface area contributed by atoms with Gasteiger partial charge in [0.1, 0.15) is 11.6 Å². The molecule has 0 aliphatic carbocycles. The topological polar surface area (TPSA) is 73.0 Å². The molecule has 126 valence electrons. The number of hydrogen-bond acceptors (Lipinski definition) is 4. The van der Waals surface area contributed by atoms with E-state index < -0.39 is 4.92 Å². The summed E-state index contributed by atoms with van der Waals surface area (Å²) in [7, 11) is 0. The third kappa shape index (κ3) is 2.53. The van der Waals surface area contributed by atoms with Crippen molar-refractivity contribution in [3.63, 3.8) is 0 Å². The molecule has 6 nitrogen and oxygen atoms in total. The SMILES string of the molecule is Cc1ccc([N+](=O)[O-])cc1-n1nc(-c2cccc(F)c2)c2c1NCC2. The first-order valence-electron chi connectivity index (χ1n) is 7.92. The zero-order valence-electron chi connectivity index (χ0n) is 13.5. The summed E-state index contributed by atoms with van der Waals surface area (Å²) in [5.41, 5.74) is 3.91. The molecule has 1 aliphatic rings. The Hall–Kier alpha value is -3.22. The van der Waals surface area contributed by atoms with E-state index in [-0.39, 0.29) is 11.5 Å². The molecule has 0 amide bonds. The van der Waals surface area contributed by atoms with E-state index in [1.165, 1.54) is 24.3 Å². The number of benzene rings is 2. The van der Waals surface area contributed by atoms with E-state index in [9.17, 15) is 14.5 Å². The van der Waals surface area contributed by atoms with Gasteiger partial charge in [-0.15, -0.1) is 0 Å². The maximum Gasteiger partial charge on any atom is 0.271 e. The van der Waals surface area contributed by atoms with Gasteiger partial charge in [-0.1, -0.05) is 18.2 Å². The van der Waals surface area contributed by atoms with Gasteiger partial charge in [0.15, 0.2) is 0 Å².